The molecule has 3 rings (SSSR count). The molecule has 0 bridgehead atoms. The van der Waals surface area contributed by atoms with Gasteiger partial charge in [-0.15, -0.1) is 0 Å². The molecule has 0 radical (unpaired) electrons. The number of hydrogen-bond acceptors (Lipinski definition) is 5. The number of rotatable bonds is 12. The third kappa shape index (κ3) is 7.85. The molecule has 0 aromatic heterocycles. The van der Waals surface area contributed by atoms with Crippen LogP contribution in [0.5, 0.6) is 5.75 Å². The zero-order valence-corrected chi connectivity index (χ0v) is 25.0. The Bertz CT molecular complexity index is 1420. The Morgan fingerprint density at radius 1 is 1.05 bits per heavy atom. The summed E-state index contributed by atoms with van der Waals surface area (Å²) in [6.07, 6.45) is 4.28. The topological polar surface area (TPSA) is 79.9 Å². The van der Waals surface area contributed by atoms with E-state index in [1.54, 1.807) is 61.5 Å². The van der Waals surface area contributed by atoms with E-state index in [2.05, 4.69) is 44.6 Å². The largest absolute Gasteiger partial charge is 0.491 e. The number of hydrogen-bond donors (Lipinski definition) is 2. The second kappa shape index (κ2) is 13.2. The van der Waals surface area contributed by atoms with Gasteiger partial charge in [-0.2, -0.15) is 0 Å². The molecule has 2 aromatic carbocycles. The number of amides is 2. The number of anilines is 2. The van der Waals surface area contributed by atoms with Crippen LogP contribution >= 0.6 is 0 Å². The van der Waals surface area contributed by atoms with Gasteiger partial charge in [0.1, 0.15) is 23.6 Å². The van der Waals surface area contributed by atoms with Crippen LogP contribution in [0.1, 0.15) is 40.5 Å². The maximum Gasteiger partial charge on any atom is 0.240 e. The van der Waals surface area contributed by atoms with Gasteiger partial charge < -0.3 is 25.0 Å². The molecule has 220 valence electrons. The maximum absolute atomic E-state index is 15.4. The molecule has 7 nitrogen and oxygen atoms in total. The monoisotopic (exact) mass is 563 g/mol. The molecular formula is C33H42FN3O4. The number of allylic oxidation sites excluding steroid dienone is 1. The second-order valence-electron chi connectivity index (χ2n) is 11.6. The van der Waals surface area contributed by atoms with Crippen LogP contribution in [0.3, 0.4) is 0 Å². The summed E-state index contributed by atoms with van der Waals surface area (Å²) >= 11 is 0. The van der Waals surface area contributed by atoms with Gasteiger partial charge >= 0.3 is 0 Å². The van der Waals surface area contributed by atoms with Gasteiger partial charge in [-0.1, -0.05) is 40.0 Å². The number of carbonyl (C=O) groups excluding carboxylic acids is 2. The summed E-state index contributed by atoms with van der Waals surface area (Å²) in [7, 11) is 3.32. The lowest BCUT2D eigenvalue weighted by molar-refractivity contribution is -0.142. The first-order chi connectivity index (χ1) is 19.3. The molecule has 0 spiro atoms. The molecule has 8 heteroatoms. The van der Waals surface area contributed by atoms with E-state index in [-0.39, 0.29) is 17.2 Å². The highest BCUT2D eigenvalue weighted by molar-refractivity contribution is 6.13. The quantitative estimate of drug-likeness (QED) is 0.286. The van der Waals surface area contributed by atoms with Crippen LogP contribution in [0, 0.1) is 16.6 Å². The fourth-order valence-electron chi connectivity index (χ4n) is 4.67. The van der Waals surface area contributed by atoms with Gasteiger partial charge in [-0.3, -0.25) is 9.59 Å². The van der Waals surface area contributed by atoms with E-state index in [4.69, 9.17) is 9.47 Å². The number of ether oxygens (including phenoxy) is 2. The van der Waals surface area contributed by atoms with E-state index in [1.807, 2.05) is 6.92 Å². The average molecular weight is 564 g/mol. The first-order valence-electron chi connectivity index (χ1n) is 13.7. The Kier molecular flexibility index (Phi) is 10.2. The summed E-state index contributed by atoms with van der Waals surface area (Å²) in [5.74, 6) is -0.525. The fourth-order valence-corrected chi connectivity index (χ4v) is 4.67. The molecule has 1 fully saturated rings. The first-order valence-corrected chi connectivity index (χ1v) is 13.7. The molecule has 0 heterocycles. The van der Waals surface area contributed by atoms with E-state index in [0.29, 0.717) is 65.9 Å². The summed E-state index contributed by atoms with van der Waals surface area (Å²) < 4.78 is 26.1. The highest BCUT2D eigenvalue weighted by atomic mass is 19.1. The Morgan fingerprint density at radius 3 is 2.17 bits per heavy atom. The standard InChI is InChI=1S/C33H42FN3O4/c1-9-22(3)26-19-25(41-18-17-40-8)20-27(34)29(26)28(10-2)35-23-11-13-24(14-12-23)36-30(38)33(15-16-33)31(39)37(7)21-32(4,5)6/h9-14,19-20,35H,1-2,15-18,21H2,3-8H3,(H,36,38)/b26-22-,29-28-. The van der Waals surface area contributed by atoms with Gasteiger partial charge in [0.15, 0.2) is 0 Å². The number of halogens is 1. The average Bonchev–Trinajstić information content (AvgIpc) is 3.73. The van der Waals surface area contributed by atoms with Crippen molar-refractivity contribution in [3.63, 3.8) is 0 Å². The lowest BCUT2D eigenvalue weighted by Gasteiger charge is -2.29. The van der Waals surface area contributed by atoms with Crippen molar-refractivity contribution in [1.82, 2.24) is 4.90 Å². The minimum absolute atomic E-state index is 0.0624. The zero-order valence-electron chi connectivity index (χ0n) is 25.0. The molecule has 0 aliphatic heterocycles. The van der Waals surface area contributed by atoms with E-state index in [9.17, 15) is 9.59 Å². The van der Waals surface area contributed by atoms with Crippen LogP contribution in [0.4, 0.5) is 15.8 Å². The summed E-state index contributed by atoms with van der Waals surface area (Å²) in [6, 6.07) is 10.1. The van der Waals surface area contributed by atoms with Crippen molar-refractivity contribution < 1.29 is 23.5 Å². The predicted octanol–water partition coefficient (Wildman–Crippen LogP) is 4.84. The van der Waals surface area contributed by atoms with Crippen molar-refractivity contribution in [3.8, 4) is 5.75 Å². The SMILES string of the molecule is C=C/C(C)=c1/cc(OCCOC)cc(F)/c1=C(/C=C)Nc1ccc(NC(=O)C2(C(=O)N(C)CC(C)(C)C)CC2)cc1. The predicted molar refractivity (Wildman–Crippen MR) is 163 cm³/mol. The molecule has 2 amide bonds. The Morgan fingerprint density at radius 2 is 1.66 bits per heavy atom. The van der Waals surface area contributed by atoms with Crippen LogP contribution in [-0.2, 0) is 14.3 Å². The van der Waals surface area contributed by atoms with E-state index < -0.39 is 11.2 Å². The van der Waals surface area contributed by atoms with Gasteiger partial charge in [-0.05, 0) is 72.4 Å². The van der Waals surface area contributed by atoms with Gasteiger partial charge in [0.25, 0.3) is 0 Å². The van der Waals surface area contributed by atoms with Crippen molar-refractivity contribution in [3.05, 3.63) is 78.0 Å². The van der Waals surface area contributed by atoms with Gasteiger partial charge in [-0.25, -0.2) is 4.39 Å². The van der Waals surface area contributed by atoms with Crippen molar-refractivity contribution >= 4 is 34.5 Å². The number of carbonyl (C=O) groups is 2. The van der Waals surface area contributed by atoms with Crippen molar-refractivity contribution in [2.75, 3.05) is 44.5 Å². The van der Waals surface area contributed by atoms with Crippen LogP contribution in [0.15, 0.2) is 61.7 Å². The molecule has 1 aliphatic carbocycles. The summed E-state index contributed by atoms with van der Waals surface area (Å²) in [6.45, 7) is 17.0. The molecule has 2 aromatic rings. The minimum Gasteiger partial charge on any atom is -0.491 e. The molecular weight excluding hydrogens is 521 g/mol. The van der Waals surface area contributed by atoms with Crippen molar-refractivity contribution in [2.24, 2.45) is 10.8 Å². The van der Waals surface area contributed by atoms with Gasteiger partial charge in [0.05, 0.1) is 6.61 Å². The fraction of sp³-hybridized carbons (Fsp3) is 0.394. The molecule has 2 N–H and O–H groups in total. The molecule has 0 atom stereocenters. The number of benzene rings is 2. The molecule has 1 saturated carbocycles. The molecule has 1 aliphatic rings. The van der Waals surface area contributed by atoms with Crippen LogP contribution in [0.2, 0.25) is 0 Å². The lowest BCUT2D eigenvalue weighted by Crippen LogP contribution is -2.44. The van der Waals surface area contributed by atoms with E-state index >= 15 is 4.39 Å². The Hall–Kier alpha value is -3.91. The second-order valence-corrected chi connectivity index (χ2v) is 11.6. The summed E-state index contributed by atoms with van der Waals surface area (Å²) in [4.78, 5) is 27.9. The van der Waals surface area contributed by atoms with Gasteiger partial charge in [0.2, 0.25) is 11.8 Å². The molecule has 41 heavy (non-hydrogen) atoms. The first kappa shape index (κ1) is 31.6. The van der Waals surface area contributed by atoms with Crippen LogP contribution in [0.25, 0.3) is 11.3 Å². The van der Waals surface area contributed by atoms with Crippen molar-refractivity contribution in [2.45, 2.75) is 40.5 Å². The summed E-state index contributed by atoms with van der Waals surface area (Å²) in [5.41, 5.74) is 1.40. The Balaban J connectivity index is 1.83. The number of nitrogens with one attached hydrogen (secondary N) is 2. The third-order valence-electron chi connectivity index (χ3n) is 6.90. The highest BCUT2D eigenvalue weighted by Crippen LogP contribution is 2.48. The highest BCUT2D eigenvalue weighted by Gasteiger charge is 2.57. The number of methoxy groups -OCH3 is 1. The normalized spacial score (nSPS) is 15.3. The number of nitrogens with zero attached hydrogens (tertiary/aromatic N) is 1. The Labute approximate surface area is 242 Å². The zero-order chi connectivity index (χ0) is 30.4. The smallest absolute Gasteiger partial charge is 0.240 e. The maximum atomic E-state index is 15.4. The van der Waals surface area contributed by atoms with E-state index in [1.165, 1.54) is 6.07 Å². The molecule has 0 unspecified atom stereocenters. The third-order valence-corrected chi connectivity index (χ3v) is 6.90. The van der Waals surface area contributed by atoms with Crippen molar-refractivity contribution in [1.29, 1.82) is 0 Å². The molecule has 0 saturated heterocycles. The van der Waals surface area contributed by atoms with E-state index in [0.717, 1.165) is 5.57 Å². The minimum atomic E-state index is -1.01. The van der Waals surface area contributed by atoms with Crippen LogP contribution in [-0.4, -0.2) is 50.6 Å². The van der Waals surface area contributed by atoms with Gasteiger partial charge in [0, 0.05) is 49.1 Å². The summed E-state index contributed by atoms with van der Waals surface area (Å²) in [5, 5.41) is 7.09. The lowest BCUT2D eigenvalue weighted by atomic mass is 9.95. The van der Waals surface area contributed by atoms with Crippen LogP contribution < -0.4 is 25.8 Å².